The molecular formula is C15H25FN2. The van der Waals surface area contributed by atoms with Crippen LogP contribution in [0.25, 0.3) is 0 Å². The van der Waals surface area contributed by atoms with Gasteiger partial charge >= 0.3 is 0 Å². The van der Waals surface area contributed by atoms with Gasteiger partial charge in [0.25, 0.3) is 0 Å². The molecule has 0 amide bonds. The molecule has 3 heteroatoms. The molecule has 102 valence electrons. The summed E-state index contributed by atoms with van der Waals surface area (Å²) in [6, 6.07) is 7.66. The van der Waals surface area contributed by atoms with Gasteiger partial charge < -0.3 is 5.73 Å². The summed E-state index contributed by atoms with van der Waals surface area (Å²) < 4.78 is 12.8. The molecule has 0 heterocycles. The van der Waals surface area contributed by atoms with Crippen molar-refractivity contribution >= 4 is 0 Å². The van der Waals surface area contributed by atoms with E-state index >= 15 is 0 Å². The Morgan fingerprint density at radius 2 is 1.56 bits per heavy atom. The molecule has 0 spiro atoms. The lowest BCUT2D eigenvalue weighted by atomic mass is 10.0. The Morgan fingerprint density at radius 3 is 2.00 bits per heavy atom. The lowest BCUT2D eigenvalue weighted by Crippen LogP contribution is -2.45. The third kappa shape index (κ3) is 4.75. The summed E-state index contributed by atoms with van der Waals surface area (Å²) >= 11 is 0. The summed E-state index contributed by atoms with van der Waals surface area (Å²) in [5.74, 6) is -0.196. The molecule has 0 saturated heterocycles. The smallest absolute Gasteiger partial charge is 0.123 e. The van der Waals surface area contributed by atoms with Gasteiger partial charge in [0.2, 0.25) is 0 Å². The average Bonchev–Trinajstić information content (AvgIpc) is 2.28. The van der Waals surface area contributed by atoms with Crippen molar-refractivity contribution in [3.63, 3.8) is 0 Å². The Bertz CT molecular complexity index is 338. The highest BCUT2D eigenvalue weighted by Gasteiger charge is 2.16. The fraction of sp³-hybridized carbons (Fsp3) is 0.600. The number of halogens is 1. The number of hydrogen-bond acceptors (Lipinski definition) is 2. The molecule has 0 aliphatic rings. The van der Waals surface area contributed by atoms with Crippen LogP contribution in [0.15, 0.2) is 24.3 Å². The first kappa shape index (κ1) is 15.1. The Kier molecular flexibility index (Phi) is 5.76. The van der Waals surface area contributed by atoms with Crippen molar-refractivity contribution in [2.45, 2.75) is 52.2 Å². The van der Waals surface area contributed by atoms with Crippen LogP contribution in [-0.4, -0.2) is 29.6 Å². The Morgan fingerprint density at radius 1 is 1.06 bits per heavy atom. The van der Waals surface area contributed by atoms with E-state index in [1.807, 2.05) is 12.1 Å². The molecule has 1 unspecified atom stereocenters. The first-order valence-corrected chi connectivity index (χ1v) is 6.66. The van der Waals surface area contributed by atoms with Gasteiger partial charge in [-0.1, -0.05) is 12.1 Å². The van der Waals surface area contributed by atoms with Crippen molar-refractivity contribution < 1.29 is 4.39 Å². The van der Waals surface area contributed by atoms with E-state index < -0.39 is 0 Å². The molecule has 1 rings (SSSR count). The third-order valence-corrected chi connectivity index (χ3v) is 3.18. The highest BCUT2D eigenvalue weighted by atomic mass is 19.1. The van der Waals surface area contributed by atoms with E-state index in [-0.39, 0.29) is 11.9 Å². The van der Waals surface area contributed by atoms with Crippen LogP contribution < -0.4 is 5.73 Å². The van der Waals surface area contributed by atoms with Crippen LogP contribution in [0, 0.1) is 5.82 Å². The van der Waals surface area contributed by atoms with Crippen molar-refractivity contribution in [1.29, 1.82) is 0 Å². The van der Waals surface area contributed by atoms with Crippen LogP contribution >= 0.6 is 0 Å². The predicted octanol–water partition coefficient (Wildman–Crippen LogP) is 2.81. The molecule has 0 aromatic heterocycles. The summed E-state index contributed by atoms with van der Waals surface area (Å²) in [6.07, 6.45) is 0.788. The Balaban J connectivity index is 2.54. The second kappa shape index (κ2) is 6.86. The summed E-state index contributed by atoms with van der Waals surface area (Å²) in [4.78, 5) is 2.38. The molecule has 1 aromatic carbocycles. The zero-order valence-electron chi connectivity index (χ0n) is 11.9. The number of benzene rings is 1. The molecular weight excluding hydrogens is 227 g/mol. The van der Waals surface area contributed by atoms with Gasteiger partial charge in [0.1, 0.15) is 5.82 Å². The minimum atomic E-state index is -0.196. The van der Waals surface area contributed by atoms with Crippen LogP contribution in [0.1, 0.15) is 33.3 Å². The van der Waals surface area contributed by atoms with E-state index in [1.165, 1.54) is 12.1 Å². The average molecular weight is 252 g/mol. The maximum Gasteiger partial charge on any atom is 0.123 e. The largest absolute Gasteiger partial charge is 0.326 e. The molecule has 2 nitrogen and oxygen atoms in total. The topological polar surface area (TPSA) is 29.3 Å². The van der Waals surface area contributed by atoms with Crippen LogP contribution in [0.5, 0.6) is 0 Å². The number of nitrogens with zero attached hydrogens (tertiary/aromatic N) is 1. The molecule has 0 radical (unpaired) electrons. The first-order valence-electron chi connectivity index (χ1n) is 6.66. The monoisotopic (exact) mass is 252 g/mol. The van der Waals surface area contributed by atoms with Gasteiger partial charge in [0.05, 0.1) is 0 Å². The normalized spacial score (nSPS) is 13.6. The third-order valence-electron chi connectivity index (χ3n) is 3.18. The summed E-state index contributed by atoms with van der Waals surface area (Å²) in [6.45, 7) is 9.61. The second-order valence-electron chi connectivity index (χ2n) is 5.47. The van der Waals surface area contributed by atoms with Crippen molar-refractivity contribution in [3.05, 3.63) is 35.6 Å². The molecule has 0 saturated carbocycles. The van der Waals surface area contributed by atoms with E-state index in [2.05, 4.69) is 32.6 Å². The second-order valence-corrected chi connectivity index (χ2v) is 5.47. The fourth-order valence-electron chi connectivity index (χ4n) is 2.28. The number of rotatable bonds is 6. The van der Waals surface area contributed by atoms with Gasteiger partial charge in [0.15, 0.2) is 0 Å². The lowest BCUT2D eigenvalue weighted by Gasteiger charge is -2.32. The van der Waals surface area contributed by atoms with Gasteiger partial charge in [-0.2, -0.15) is 0 Å². The van der Waals surface area contributed by atoms with Crippen LogP contribution in [-0.2, 0) is 6.42 Å². The van der Waals surface area contributed by atoms with Crippen molar-refractivity contribution in [1.82, 2.24) is 4.90 Å². The highest BCUT2D eigenvalue weighted by molar-refractivity contribution is 5.17. The van der Waals surface area contributed by atoms with Gasteiger partial charge in [-0.25, -0.2) is 4.39 Å². The van der Waals surface area contributed by atoms with Gasteiger partial charge in [0, 0.05) is 24.7 Å². The molecule has 0 aliphatic carbocycles. The summed E-state index contributed by atoms with van der Waals surface area (Å²) in [5.41, 5.74) is 7.28. The van der Waals surface area contributed by atoms with Crippen LogP contribution in [0.4, 0.5) is 4.39 Å². The molecule has 1 aromatic rings. The molecule has 0 bridgehead atoms. The predicted molar refractivity (Wildman–Crippen MR) is 75.1 cm³/mol. The molecule has 18 heavy (non-hydrogen) atoms. The maximum atomic E-state index is 12.8. The fourth-order valence-corrected chi connectivity index (χ4v) is 2.28. The lowest BCUT2D eigenvalue weighted by molar-refractivity contribution is 0.164. The standard InChI is InChI=1S/C15H25FN2/c1-11(2)18(12(3)4)10-15(17)9-13-5-7-14(16)8-6-13/h5-8,11-12,15H,9-10,17H2,1-4H3. The quantitative estimate of drug-likeness (QED) is 0.843. The molecule has 0 fully saturated rings. The van der Waals surface area contributed by atoms with E-state index in [0.717, 1.165) is 18.5 Å². The van der Waals surface area contributed by atoms with E-state index in [0.29, 0.717) is 12.1 Å². The SMILES string of the molecule is CC(C)N(CC(N)Cc1ccc(F)cc1)C(C)C. The minimum Gasteiger partial charge on any atom is -0.326 e. The first-order chi connectivity index (χ1) is 8.40. The van der Waals surface area contributed by atoms with E-state index in [1.54, 1.807) is 0 Å². The molecule has 0 aliphatic heterocycles. The minimum absolute atomic E-state index is 0.0836. The summed E-state index contributed by atoms with van der Waals surface area (Å²) in [7, 11) is 0. The van der Waals surface area contributed by atoms with Crippen molar-refractivity contribution in [2.75, 3.05) is 6.54 Å². The number of nitrogens with two attached hydrogens (primary N) is 1. The van der Waals surface area contributed by atoms with E-state index in [4.69, 9.17) is 5.73 Å². The van der Waals surface area contributed by atoms with Gasteiger partial charge in [-0.3, -0.25) is 4.90 Å². The zero-order valence-corrected chi connectivity index (χ0v) is 11.9. The van der Waals surface area contributed by atoms with Crippen LogP contribution in [0.3, 0.4) is 0 Å². The van der Waals surface area contributed by atoms with Crippen LogP contribution in [0.2, 0.25) is 0 Å². The number of hydrogen-bond donors (Lipinski definition) is 1. The van der Waals surface area contributed by atoms with Gasteiger partial charge in [-0.15, -0.1) is 0 Å². The van der Waals surface area contributed by atoms with Crippen molar-refractivity contribution in [3.8, 4) is 0 Å². The van der Waals surface area contributed by atoms with E-state index in [9.17, 15) is 4.39 Å². The Labute approximate surface area is 110 Å². The Hall–Kier alpha value is -0.930. The van der Waals surface area contributed by atoms with Gasteiger partial charge in [-0.05, 0) is 51.8 Å². The van der Waals surface area contributed by atoms with Crippen molar-refractivity contribution in [2.24, 2.45) is 5.73 Å². The molecule has 2 N–H and O–H groups in total. The highest BCUT2D eigenvalue weighted by Crippen LogP contribution is 2.09. The summed E-state index contributed by atoms with van der Waals surface area (Å²) in [5, 5.41) is 0. The maximum absolute atomic E-state index is 12.8. The molecule has 1 atom stereocenters. The zero-order chi connectivity index (χ0) is 13.7.